The van der Waals surface area contributed by atoms with Gasteiger partial charge in [0.25, 0.3) is 0 Å². The van der Waals surface area contributed by atoms with E-state index in [-0.39, 0.29) is 11.4 Å². The fourth-order valence-corrected chi connectivity index (χ4v) is 0.838. The van der Waals surface area contributed by atoms with Gasteiger partial charge in [0.05, 0.1) is 6.54 Å². The average molecular weight is 187 g/mol. The van der Waals surface area contributed by atoms with E-state index in [0.717, 1.165) is 0 Å². The van der Waals surface area contributed by atoms with Gasteiger partial charge in [-0.2, -0.15) is 0 Å². The lowest BCUT2D eigenvalue weighted by molar-refractivity contribution is -0.122. The van der Waals surface area contributed by atoms with Crippen LogP contribution in [0.4, 0.5) is 0 Å². The Morgan fingerprint density at radius 1 is 1.54 bits per heavy atom. The largest absolute Gasteiger partial charge is 0.355 e. The highest BCUT2D eigenvalue weighted by Gasteiger charge is 2.22. The molecule has 0 saturated heterocycles. The molecule has 0 aromatic carbocycles. The maximum atomic E-state index is 11.2. The lowest BCUT2D eigenvalue weighted by Crippen LogP contribution is -2.50. The van der Waals surface area contributed by atoms with Crippen LogP contribution in [0.15, 0.2) is 0 Å². The van der Waals surface area contributed by atoms with Crippen LogP contribution in [0.25, 0.3) is 0 Å². The number of amides is 1. The molecule has 0 saturated carbocycles. The molecule has 0 aromatic heterocycles. The SMILES string of the molecule is CCNC(=O)CN(C)C(C)(C)CN. The van der Waals surface area contributed by atoms with Crippen molar-refractivity contribution in [3.63, 3.8) is 0 Å². The van der Waals surface area contributed by atoms with Crippen LogP contribution >= 0.6 is 0 Å². The zero-order valence-electron chi connectivity index (χ0n) is 9.05. The molecule has 0 bridgehead atoms. The van der Waals surface area contributed by atoms with Gasteiger partial charge in [-0.15, -0.1) is 0 Å². The first-order valence-corrected chi connectivity index (χ1v) is 4.62. The zero-order chi connectivity index (χ0) is 10.5. The molecule has 0 fully saturated rings. The van der Waals surface area contributed by atoms with Crippen molar-refractivity contribution in [1.82, 2.24) is 10.2 Å². The number of hydrogen-bond acceptors (Lipinski definition) is 3. The first-order valence-electron chi connectivity index (χ1n) is 4.62. The molecule has 0 rings (SSSR count). The predicted octanol–water partition coefficient (Wildman–Crippen LogP) is -0.208. The number of nitrogens with one attached hydrogen (secondary N) is 1. The predicted molar refractivity (Wildman–Crippen MR) is 54.4 cm³/mol. The molecular weight excluding hydrogens is 166 g/mol. The molecule has 0 unspecified atom stereocenters. The first kappa shape index (κ1) is 12.4. The summed E-state index contributed by atoms with van der Waals surface area (Å²) in [5.74, 6) is 0.0477. The molecule has 0 aromatic rings. The molecule has 0 radical (unpaired) electrons. The smallest absolute Gasteiger partial charge is 0.234 e. The van der Waals surface area contributed by atoms with Crippen LogP contribution in [0, 0.1) is 0 Å². The molecular formula is C9H21N3O. The fourth-order valence-electron chi connectivity index (χ4n) is 0.838. The van der Waals surface area contributed by atoms with Crippen LogP contribution < -0.4 is 11.1 Å². The number of likely N-dealkylation sites (N-methyl/N-ethyl adjacent to an activating group) is 2. The Bertz CT molecular complexity index is 168. The van der Waals surface area contributed by atoms with Crippen molar-refractivity contribution in [2.75, 3.05) is 26.7 Å². The molecule has 0 aliphatic rings. The monoisotopic (exact) mass is 187 g/mol. The van der Waals surface area contributed by atoms with E-state index in [1.807, 2.05) is 32.7 Å². The van der Waals surface area contributed by atoms with Crippen molar-refractivity contribution in [3.05, 3.63) is 0 Å². The van der Waals surface area contributed by atoms with Crippen LogP contribution in [0.3, 0.4) is 0 Å². The van der Waals surface area contributed by atoms with E-state index in [1.165, 1.54) is 0 Å². The molecule has 1 amide bonds. The van der Waals surface area contributed by atoms with Gasteiger partial charge in [-0.1, -0.05) is 0 Å². The van der Waals surface area contributed by atoms with E-state index >= 15 is 0 Å². The Morgan fingerprint density at radius 3 is 2.46 bits per heavy atom. The average Bonchev–Trinajstić information content (AvgIpc) is 2.04. The topological polar surface area (TPSA) is 58.4 Å². The van der Waals surface area contributed by atoms with E-state index in [0.29, 0.717) is 19.6 Å². The molecule has 0 spiro atoms. The summed E-state index contributed by atoms with van der Waals surface area (Å²) in [6.45, 7) is 7.57. The highest BCUT2D eigenvalue weighted by Crippen LogP contribution is 2.08. The minimum Gasteiger partial charge on any atom is -0.355 e. The summed E-state index contributed by atoms with van der Waals surface area (Å²) < 4.78 is 0. The van der Waals surface area contributed by atoms with Gasteiger partial charge in [-0.25, -0.2) is 0 Å². The third-order valence-corrected chi connectivity index (χ3v) is 2.29. The van der Waals surface area contributed by atoms with E-state index in [9.17, 15) is 4.79 Å². The molecule has 13 heavy (non-hydrogen) atoms. The molecule has 3 N–H and O–H groups in total. The molecule has 78 valence electrons. The lowest BCUT2D eigenvalue weighted by atomic mass is 10.0. The Hall–Kier alpha value is -0.610. The summed E-state index contributed by atoms with van der Waals surface area (Å²) in [6, 6.07) is 0. The standard InChI is InChI=1S/C9H21N3O/c1-5-11-8(13)6-12(4)9(2,3)7-10/h5-7,10H2,1-4H3,(H,11,13). The van der Waals surface area contributed by atoms with Gasteiger partial charge in [0.1, 0.15) is 0 Å². The van der Waals surface area contributed by atoms with Gasteiger partial charge in [-0.3, -0.25) is 9.69 Å². The lowest BCUT2D eigenvalue weighted by Gasteiger charge is -2.33. The summed E-state index contributed by atoms with van der Waals surface area (Å²) in [5, 5.41) is 2.75. The zero-order valence-corrected chi connectivity index (χ0v) is 9.05. The van der Waals surface area contributed by atoms with Crippen LogP contribution in [-0.2, 0) is 4.79 Å². The minimum atomic E-state index is -0.120. The van der Waals surface area contributed by atoms with E-state index < -0.39 is 0 Å². The van der Waals surface area contributed by atoms with E-state index in [2.05, 4.69) is 5.32 Å². The van der Waals surface area contributed by atoms with Gasteiger partial charge in [-0.05, 0) is 27.8 Å². The minimum absolute atomic E-state index is 0.0477. The molecule has 0 heterocycles. The summed E-state index contributed by atoms with van der Waals surface area (Å²) in [5.41, 5.74) is 5.46. The van der Waals surface area contributed by atoms with Gasteiger partial charge in [0.15, 0.2) is 0 Å². The summed E-state index contributed by atoms with van der Waals surface area (Å²) >= 11 is 0. The van der Waals surface area contributed by atoms with E-state index in [1.54, 1.807) is 0 Å². The Balaban J connectivity index is 3.99. The van der Waals surface area contributed by atoms with Crippen molar-refractivity contribution >= 4 is 5.91 Å². The number of nitrogens with two attached hydrogens (primary N) is 1. The normalized spacial score (nSPS) is 11.8. The van der Waals surface area contributed by atoms with Gasteiger partial charge in [0, 0.05) is 18.6 Å². The van der Waals surface area contributed by atoms with Crippen molar-refractivity contribution < 1.29 is 4.79 Å². The number of nitrogens with zero attached hydrogens (tertiary/aromatic N) is 1. The molecule has 0 aliphatic carbocycles. The summed E-state index contributed by atoms with van der Waals surface area (Å²) in [6.07, 6.45) is 0. The second kappa shape index (κ2) is 5.19. The summed E-state index contributed by atoms with van der Waals surface area (Å²) in [4.78, 5) is 13.2. The first-order chi connectivity index (χ1) is 5.94. The number of carbonyl (C=O) groups is 1. The highest BCUT2D eigenvalue weighted by atomic mass is 16.2. The van der Waals surface area contributed by atoms with Crippen LogP contribution in [0.2, 0.25) is 0 Å². The molecule has 0 aliphatic heterocycles. The third-order valence-electron chi connectivity index (χ3n) is 2.29. The maximum Gasteiger partial charge on any atom is 0.234 e. The Kier molecular flexibility index (Phi) is 4.95. The van der Waals surface area contributed by atoms with Crippen LogP contribution in [0.1, 0.15) is 20.8 Å². The van der Waals surface area contributed by atoms with Crippen molar-refractivity contribution in [3.8, 4) is 0 Å². The molecule has 4 heteroatoms. The number of hydrogen-bond donors (Lipinski definition) is 2. The fraction of sp³-hybridized carbons (Fsp3) is 0.889. The van der Waals surface area contributed by atoms with Crippen LogP contribution in [-0.4, -0.2) is 43.0 Å². The van der Waals surface area contributed by atoms with Crippen LogP contribution in [0.5, 0.6) is 0 Å². The molecule has 0 atom stereocenters. The summed E-state index contributed by atoms with van der Waals surface area (Å²) in [7, 11) is 1.90. The van der Waals surface area contributed by atoms with Crippen molar-refractivity contribution in [2.45, 2.75) is 26.3 Å². The van der Waals surface area contributed by atoms with Gasteiger partial charge in [0.2, 0.25) is 5.91 Å². The Morgan fingerprint density at radius 2 is 2.08 bits per heavy atom. The van der Waals surface area contributed by atoms with Crippen molar-refractivity contribution in [1.29, 1.82) is 0 Å². The van der Waals surface area contributed by atoms with Gasteiger partial charge >= 0.3 is 0 Å². The van der Waals surface area contributed by atoms with Gasteiger partial charge < -0.3 is 11.1 Å². The van der Waals surface area contributed by atoms with E-state index in [4.69, 9.17) is 5.73 Å². The Labute approximate surface area is 80.5 Å². The molecule has 4 nitrogen and oxygen atoms in total. The number of rotatable bonds is 5. The second-order valence-corrected chi connectivity index (χ2v) is 3.83. The highest BCUT2D eigenvalue weighted by molar-refractivity contribution is 5.77. The maximum absolute atomic E-state index is 11.2. The third kappa shape index (κ3) is 4.24. The number of carbonyl (C=O) groups excluding carboxylic acids is 1. The van der Waals surface area contributed by atoms with Crippen molar-refractivity contribution in [2.24, 2.45) is 5.73 Å². The second-order valence-electron chi connectivity index (χ2n) is 3.83. The quantitative estimate of drug-likeness (QED) is 0.626.